The summed E-state index contributed by atoms with van der Waals surface area (Å²) < 4.78 is 0. The van der Waals surface area contributed by atoms with E-state index in [1.54, 1.807) is 39.8 Å². The molecule has 0 heterocycles. The third-order valence-electron chi connectivity index (χ3n) is 7.08. The van der Waals surface area contributed by atoms with Crippen LogP contribution in [-0.2, 0) is 14.4 Å². The van der Waals surface area contributed by atoms with Crippen molar-refractivity contribution in [3.63, 3.8) is 0 Å². The van der Waals surface area contributed by atoms with Gasteiger partial charge in [-0.05, 0) is 75.9 Å². The molecule has 0 aliphatic rings. The first-order valence-electron chi connectivity index (χ1n) is 13.4. The van der Waals surface area contributed by atoms with Crippen molar-refractivity contribution < 1.29 is 39.3 Å². The molecule has 0 radical (unpaired) electrons. The summed E-state index contributed by atoms with van der Waals surface area (Å²) >= 11 is 0. The number of aliphatic carboxylic acids is 1. The molecule has 0 aliphatic carbocycles. The number of hydrogen-bond acceptors (Lipinski definition) is 5. The van der Waals surface area contributed by atoms with Gasteiger partial charge in [0.1, 0.15) is 5.78 Å². The Morgan fingerprint density at radius 3 is 1.48 bits per heavy atom. The summed E-state index contributed by atoms with van der Waals surface area (Å²) in [6, 6.07) is 11.8. The summed E-state index contributed by atoms with van der Waals surface area (Å²) in [5.41, 5.74) is -1.10. The molecule has 0 fully saturated rings. The zero-order valence-corrected chi connectivity index (χ0v) is 23.6. The Morgan fingerprint density at radius 2 is 1.07 bits per heavy atom. The van der Waals surface area contributed by atoms with E-state index in [2.05, 4.69) is 0 Å². The van der Waals surface area contributed by atoms with E-state index < -0.39 is 28.7 Å². The van der Waals surface area contributed by atoms with E-state index in [4.69, 9.17) is 0 Å². The highest BCUT2D eigenvalue weighted by molar-refractivity contribution is 6.05. The molecular formula is C31H39NO8. The molecule has 2 aromatic carbocycles. The van der Waals surface area contributed by atoms with E-state index in [0.29, 0.717) is 62.7 Å². The Kier molecular flexibility index (Phi) is 11.2. The van der Waals surface area contributed by atoms with Crippen LogP contribution in [0.3, 0.4) is 0 Å². The van der Waals surface area contributed by atoms with Gasteiger partial charge in [-0.3, -0.25) is 19.3 Å². The molecule has 1 amide bonds. The number of Topliss-reactive ketones (excluding diaryl/α,β-unsaturated/α-hetero) is 1. The first kappa shape index (κ1) is 32.2. The molecule has 0 atom stereocenters. The summed E-state index contributed by atoms with van der Waals surface area (Å²) in [6.45, 7) is 6.90. The van der Waals surface area contributed by atoms with Gasteiger partial charge in [-0.1, -0.05) is 38.8 Å². The van der Waals surface area contributed by atoms with Crippen LogP contribution < -0.4 is 4.90 Å². The second kappa shape index (κ2) is 13.9. The van der Waals surface area contributed by atoms with Crippen molar-refractivity contribution in [2.75, 3.05) is 4.90 Å². The maximum absolute atomic E-state index is 13.9. The van der Waals surface area contributed by atoms with E-state index in [9.17, 15) is 39.3 Å². The number of carboxylic acid groups (broad SMARTS) is 3. The molecule has 0 aliphatic heterocycles. The lowest BCUT2D eigenvalue weighted by atomic mass is 9.84. The molecule has 9 nitrogen and oxygen atoms in total. The van der Waals surface area contributed by atoms with Gasteiger partial charge in [0.2, 0.25) is 5.91 Å². The topological polar surface area (TPSA) is 149 Å². The molecule has 3 N–H and O–H groups in total. The Hall–Kier alpha value is -4.01. The number of carbonyl (C=O) groups excluding carboxylic acids is 2. The fourth-order valence-corrected chi connectivity index (χ4v) is 4.36. The smallest absolute Gasteiger partial charge is 0.335 e. The largest absolute Gasteiger partial charge is 0.481 e. The van der Waals surface area contributed by atoms with E-state index in [-0.39, 0.29) is 22.8 Å². The quantitative estimate of drug-likeness (QED) is 0.197. The molecule has 2 rings (SSSR count). The fourth-order valence-electron chi connectivity index (χ4n) is 4.36. The number of benzene rings is 2. The number of anilines is 2. The number of unbranched alkanes of at least 4 members (excludes halogenated alkanes) is 2. The maximum Gasteiger partial charge on any atom is 0.335 e. The molecule has 216 valence electrons. The lowest BCUT2D eigenvalue weighted by Gasteiger charge is -2.32. The van der Waals surface area contributed by atoms with E-state index in [1.165, 1.54) is 41.3 Å². The highest BCUT2D eigenvalue weighted by atomic mass is 16.4. The molecule has 0 saturated carbocycles. The van der Waals surface area contributed by atoms with Gasteiger partial charge >= 0.3 is 17.9 Å². The normalized spacial score (nSPS) is 11.6. The Bertz CT molecular complexity index is 1190. The molecule has 2 aromatic rings. The average molecular weight is 554 g/mol. The number of hydrogen-bond donors (Lipinski definition) is 3. The van der Waals surface area contributed by atoms with E-state index >= 15 is 0 Å². The van der Waals surface area contributed by atoms with Gasteiger partial charge in [0.15, 0.2) is 0 Å². The predicted molar refractivity (Wildman–Crippen MR) is 151 cm³/mol. The van der Waals surface area contributed by atoms with E-state index in [1.807, 2.05) is 0 Å². The Morgan fingerprint density at radius 1 is 0.650 bits per heavy atom. The number of ketones is 1. The van der Waals surface area contributed by atoms with Gasteiger partial charge in [-0.2, -0.15) is 0 Å². The van der Waals surface area contributed by atoms with Crippen molar-refractivity contribution in [2.45, 2.75) is 79.1 Å². The second-order valence-electron chi connectivity index (χ2n) is 11.4. The Labute approximate surface area is 234 Å². The molecule has 0 spiro atoms. The summed E-state index contributed by atoms with van der Waals surface area (Å²) in [5.74, 6) is -3.37. The minimum atomic E-state index is -1.15. The van der Waals surface area contributed by atoms with Crippen molar-refractivity contribution in [1.82, 2.24) is 0 Å². The van der Waals surface area contributed by atoms with Crippen LogP contribution in [0.4, 0.5) is 11.4 Å². The molecule has 0 bridgehead atoms. The summed E-state index contributed by atoms with van der Waals surface area (Å²) in [6.07, 6.45) is 4.23. The first-order chi connectivity index (χ1) is 18.7. The lowest BCUT2D eigenvalue weighted by Crippen LogP contribution is -2.38. The zero-order valence-electron chi connectivity index (χ0n) is 23.6. The highest BCUT2D eigenvalue weighted by Gasteiger charge is 2.34. The van der Waals surface area contributed by atoms with Crippen LogP contribution in [0.15, 0.2) is 48.5 Å². The minimum absolute atomic E-state index is 0.00692. The molecular weight excluding hydrogens is 514 g/mol. The number of nitrogens with zero attached hydrogens (tertiary/aromatic N) is 1. The number of amides is 1. The fraction of sp³-hybridized carbons (Fsp3) is 0.452. The van der Waals surface area contributed by atoms with Crippen molar-refractivity contribution in [3.8, 4) is 0 Å². The third kappa shape index (κ3) is 9.03. The minimum Gasteiger partial charge on any atom is -0.481 e. The van der Waals surface area contributed by atoms with Gasteiger partial charge in [0.25, 0.3) is 0 Å². The van der Waals surface area contributed by atoms with Crippen LogP contribution >= 0.6 is 0 Å². The van der Waals surface area contributed by atoms with Crippen molar-refractivity contribution >= 4 is 41.0 Å². The maximum atomic E-state index is 13.9. The molecule has 0 saturated heterocycles. The van der Waals surface area contributed by atoms with Crippen molar-refractivity contribution in [3.05, 3.63) is 59.7 Å². The van der Waals surface area contributed by atoms with Crippen molar-refractivity contribution in [2.24, 2.45) is 10.8 Å². The summed E-state index contributed by atoms with van der Waals surface area (Å²) in [5, 5.41) is 28.1. The van der Waals surface area contributed by atoms with Gasteiger partial charge < -0.3 is 15.3 Å². The van der Waals surface area contributed by atoms with Crippen LogP contribution in [-0.4, -0.2) is 44.9 Å². The number of carboxylic acids is 3. The van der Waals surface area contributed by atoms with Gasteiger partial charge in [-0.25, -0.2) is 9.59 Å². The van der Waals surface area contributed by atoms with Gasteiger partial charge in [-0.15, -0.1) is 0 Å². The summed E-state index contributed by atoms with van der Waals surface area (Å²) in [4.78, 5) is 61.9. The van der Waals surface area contributed by atoms with E-state index in [0.717, 1.165) is 0 Å². The van der Waals surface area contributed by atoms with Gasteiger partial charge in [0.05, 0.1) is 16.5 Å². The number of aromatic carboxylic acids is 2. The predicted octanol–water partition coefficient (Wildman–Crippen LogP) is 6.57. The molecule has 0 aromatic heterocycles. The standard InChI is InChI=1S/C31H39NO8/c1-30(2,17-7-5-15-25(33)16-6-8-18-31(3,4)29(39)40)28(38)32(23-13-9-11-21(19-23)26(34)35)24-14-10-12-22(20-24)27(36)37/h9-14,19-20H,5-8,15-18H2,1-4H3,(H,34,35)(H,36,37)(H,39,40). The van der Waals surface area contributed by atoms with Gasteiger partial charge in [0, 0.05) is 29.6 Å². The highest BCUT2D eigenvalue weighted by Crippen LogP contribution is 2.35. The summed E-state index contributed by atoms with van der Waals surface area (Å²) in [7, 11) is 0. The van der Waals surface area contributed by atoms with Crippen LogP contribution in [0.1, 0.15) is 99.8 Å². The van der Waals surface area contributed by atoms with Crippen LogP contribution in [0.25, 0.3) is 0 Å². The average Bonchev–Trinajstić information content (AvgIpc) is 2.89. The zero-order chi connectivity index (χ0) is 30.1. The van der Waals surface area contributed by atoms with Crippen LogP contribution in [0.5, 0.6) is 0 Å². The third-order valence-corrected chi connectivity index (χ3v) is 7.08. The second-order valence-corrected chi connectivity index (χ2v) is 11.4. The van der Waals surface area contributed by atoms with Crippen LogP contribution in [0.2, 0.25) is 0 Å². The van der Waals surface area contributed by atoms with Crippen LogP contribution in [0, 0.1) is 10.8 Å². The molecule has 0 unspecified atom stereocenters. The molecule has 40 heavy (non-hydrogen) atoms. The monoisotopic (exact) mass is 553 g/mol. The first-order valence-corrected chi connectivity index (χ1v) is 13.4. The lowest BCUT2D eigenvalue weighted by molar-refractivity contribution is -0.147. The number of rotatable bonds is 16. The number of carbonyl (C=O) groups is 5. The Balaban J connectivity index is 2.08. The molecule has 9 heteroatoms. The van der Waals surface area contributed by atoms with Crippen molar-refractivity contribution in [1.29, 1.82) is 0 Å². The SMILES string of the molecule is CC(C)(CCCCC(=O)CCCCC(C)(C)C(=O)N(c1cccc(C(=O)O)c1)c1cccc(C(=O)O)c1)C(=O)O.